The van der Waals surface area contributed by atoms with Crippen molar-refractivity contribution in [2.75, 3.05) is 20.6 Å². The van der Waals surface area contributed by atoms with Gasteiger partial charge in [-0.2, -0.15) is 0 Å². The predicted octanol–water partition coefficient (Wildman–Crippen LogP) is 1.61. The number of aliphatic imine (C=N–C) groups is 1. The van der Waals surface area contributed by atoms with Crippen molar-refractivity contribution in [1.29, 1.82) is 0 Å². The van der Waals surface area contributed by atoms with Gasteiger partial charge in [0.25, 0.3) is 0 Å². The first kappa shape index (κ1) is 19.3. The second kappa shape index (κ2) is 8.98. The number of hydrogen-bond acceptors (Lipinski definition) is 4. The monoisotopic (exact) mass is 379 g/mol. The molecule has 8 nitrogen and oxygen atoms in total. The number of amides is 1. The molecule has 0 aliphatic heterocycles. The van der Waals surface area contributed by atoms with Crippen molar-refractivity contribution in [3.63, 3.8) is 0 Å². The molecule has 0 fully saturated rings. The minimum absolute atomic E-state index is 0.0250. The Labute approximate surface area is 164 Å². The molecule has 0 saturated carbocycles. The van der Waals surface area contributed by atoms with E-state index in [4.69, 9.17) is 0 Å². The summed E-state index contributed by atoms with van der Waals surface area (Å²) in [6, 6.07) is 15.8. The lowest BCUT2D eigenvalue weighted by atomic mass is 10.1. The van der Waals surface area contributed by atoms with E-state index in [2.05, 4.69) is 25.8 Å². The Morgan fingerprint density at radius 3 is 2.64 bits per heavy atom. The van der Waals surface area contributed by atoms with Crippen LogP contribution < -0.4 is 10.6 Å². The zero-order valence-corrected chi connectivity index (χ0v) is 16.3. The summed E-state index contributed by atoms with van der Waals surface area (Å²) in [4.78, 5) is 18.1. The second-order valence-electron chi connectivity index (χ2n) is 6.63. The molecule has 1 atom stereocenters. The van der Waals surface area contributed by atoms with E-state index in [0.29, 0.717) is 12.5 Å². The summed E-state index contributed by atoms with van der Waals surface area (Å²) < 4.78 is 1.90. The second-order valence-corrected chi connectivity index (χ2v) is 6.63. The number of fused-ring (bicyclic) bond motifs is 1. The van der Waals surface area contributed by atoms with Crippen molar-refractivity contribution in [1.82, 2.24) is 30.1 Å². The Balaban J connectivity index is 1.76. The maximum Gasteiger partial charge on any atom is 0.241 e. The van der Waals surface area contributed by atoms with Gasteiger partial charge in [0.1, 0.15) is 6.54 Å². The quantitative estimate of drug-likeness (QED) is 0.502. The van der Waals surface area contributed by atoms with Crippen LogP contribution in [0.15, 0.2) is 59.7 Å². The molecular formula is C20H25N7O. The average Bonchev–Trinajstić information content (AvgIpc) is 3.13. The minimum Gasteiger partial charge on any atom is -0.350 e. The lowest BCUT2D eigenvalue weighted by molar-refractivity contribution is -0.127. The molecule has 146 valence electrons. The Kier molecular flexibility index (Phi) is 6.21. The van der Waals surface area contributed by atoms with Gasteiger partial charge in [-0.3, -0.25) is 9.20 Å². The molecule has 3 rings (SSSR count). The molecule has 0 spiro atoms. The van der Waals surface area contributed by atoms with Crippen LogP contribution in [-0.4, -0.2) is 52.0 Å². The van der Waals surface area contributed by atoms with Gasteiger partial charge in [-0.05, 0) is 24.6 Å². The van der Waals surface area contributed by atoms with Crippen LogP contribution in [0.5, 0.6) is 0 Å². The highest BCUT2D eigenvalue weighted by Crippen LogP contribution is 2.11. The number of aromatic nitrogens is 3. The number of nitrogens with one attached hydrogen (secondary N) is 2. The smallest absolute Gasteiger partial charge is 0.241 e. The third kappa shape index (κ3) is 4.85. The van der Waals surface area contributed by atoms with E-state index in [1.807, 2.05) is 66.1 Å². The molecule has 1 amide bonds. The number of hydrogen-bond donors (Lipinski definition) is 2. The van der Waals surface area contributed by atoms with E-state index in [1.54, 1.807) is 14.1 Å². The maximum absolute atomic E-state index is 12.0. The van der Waals surface area contributed by atoms with Crippen LogP contribution in [0.3, 0.4) is 0 Å². The molecule has 2 heterocycles. The SMILES string of the molecule is CC(NC(=NCc1nnc2ccccn12)NCC(=O)N(C)C)c1ccccc1. The van der Waals surface area contributed by atoms with Gasteiger partial charge in [0, 0.05) is 20.3 Å². The van der Waals surface area contributed by atoms with Crippen LogP contribution in [0.4, 0.5) is 0 Å². The number of carbonyl (C=O) groups excluding carboxylic acids is 1. The van der Waals surface area contributed by atoms with Gasteiger partial charge in [-0.25, -0.2) is 4.99 Å². The van der Waals surface area contributed by atoms with Crippen molar-refractivity contribution in [2.24, 2.45) is 4.99 Å². The van der Waals surface area contributed by atoms with Crippen LogP contribution in [0.2, 0.25) is 0 Å². The standard InChI is InChI=1S/C20H25N7O/c1-15(16-9-5-4-6-10-16)23-20(22-14-19(28)26(2)3)21-13-18-25-24-17-11-7-8-12-27(17)18/h4-12,15H,13-14H2,1-3H3,(H2,21,22,23). The fraction of sp³-hybridized carbons (Fsp3) is 0.300. The van der Waals surface area contributed by atoms with Gasteiger partial charge in [-0.15, -0.1) is 10.2 Å². The number of carbonyl (C=O) groups is 1. The number of rotatable bonds is 6. The van der Waals surface area contributed by atoms with Crippen molar-refractivity contribution >= 4 is 17.5 Å². The summed E-state index contributed by atoms with van der Waals surface area (Å²) in [6.45, 7) is 2.53. The number of guanidine groups is 1. The van der Waals surface area contributed by atoms with Gasteiger partial charge in [0.05, 0.1) is 12.6 Å². The van der Waals surface area contributed by atoms with Gasteiger partial charge < -0.3 is 15.5 Å². The van der Waals surface area contributed by atoms with Crippen molar-refractivity contribution in [2.45, 2.75) is 19.5 Å². The topological polar surface area (TPSA) is 86.9 Å². The molecule has 3 aromatic rings. The zero-order valence-electron chi connectivity index (χ0n) is 16.3. The summed E-state index contributed by atoms with van der Waals surface area (Å²) in [6.07, 6.45) is 1.91. The molecule has 0 aliphatic rings. The van der Waals surface area contributed by atoms with E-state index < -0.39 is 0 Å². The number of nitrogens with zero attached hydrogens (tertiary/aromatic N) is 5. The molecule has 0 aliphatic carbocycles. The molecule has 1 unspecified atom stereocenters. The fourth-order valence-corrected chi connectivity index (χ4v) is 2.65. The largest absolute Gasteiger partial charge is 0.350 e. The number of pyridine rings is 1. The average molecular weight is 379 g/mol. The molecule has 8 heteroatoms. The van der Waals surface area contributed by atoms with Gasteiger partial charge in [-0.1, -0.05) is 36.4 Å². The fourth-order valence-electron chi connectivity index (χ4n) is 2.65. The number of benzene rings is 1. The Hall–Kier alpha value is -3.42. The maximum atomic E-state index is 12.0. The lowest BCUT2D eigenvalue weighted by Gasteiger charge is -2.19. The Morgan fingerprint density at radius 2 is 1.89 bits per heavy atom. The van der Waals surface area contributed by atoms with E-state index in [9.17, 15) is 4.79 Å². The molecule has 0 radical (unpaired) electrons. The molecule has 1 aromatic carbocycles. The van der Waals surface area contributed by atoms with E-state index in [-0.39, 0.29) is 18.5 Å². The summed E-state index contributed by atoms with van der Waals surface area (Å²) >= 11 is 0. The van der Waals surface area contributed by atoms with Crippen LogP contribution in [-0.2, 0) is 11.3 Å². The third-order valence-electron chi connectivity index (χ3n) is 4.32. The minimum atomic E-state index is -0.0326. The zero-order chi connectivity index (χ0) is 19.9. The first-order valence-corrected chi connectivity index (χ1v) is 9.13. The third-order valence-corrected chi connectivity index (χ3v) is 4.32. The molecule has 0 bridgehead atoms. The first-order chi connectivity index (χ1) is 13.5. The van der Waals surface area contributed by atoms with Crippen LogP contribution in [0.1, 0.15) is 24.4 Å². The Bertz CT molecular complexity index is 949. The van der Waals surface area contributed by atoms with Gasteiger partial charge in [0.2, 0.25) is 5.91 Å². The highest BCUT2D eigenvalue weighted by Gasteiger charge is 2.11. The van der Waals surface area contributed by atoms with E-state index in [0.717, 1.165) is 17.0 Å². The molecule has 2 aromatic heterocycles. The number of likely N-dealkylation sites (N-methyl/N-ethyl adjacent to an activating group) is 1. The van der Waals surface area contributed by atoms with Crippen molar-refractivity contribution in [3.8, 4) is 0 Å². The Morgan fingerprint density at radius 1 is 1.14 bits per heavy atom. The van der Waals surface area contributed by atoms with Crippen LogP contribution >= 0.6 is 0 Å². The van der Waals surface area contributed by atoms with Crippen LogP contribution in [0, 0.1) is 0 Å². The highest BCUT2D eigenvalue weighted by atomic mass is 16.2. The van der Waals surface area contributed by atoms with Crippen molar-refractivity contribution < 1.29 is 4.79 Å². The summed E-state index contributed by atoms with van der Waals surface area (Å²) in [7, 11) is 3.45. The van der Waals surface area contributed by atoms with Crippen LogP contribution in [0.25, 0.3) is 5.65 Å². The molecule has 28 heavy (non-hydrogen) atoms. The lowest BCUT2D eigenvalue weighted by Crippen LogP contribution is -2.43. The summed E-state index contributed by atoms with van der Waals surface area (Å²) in [5, 5.41) is 14.8. The van der Waals surface area contributed by atoms with Gasteiger partial charge in [0.15, 0.2) is 17.4 Å². The van der Waals surface area contributed by atoms with E-state index in [1.165, 1.54) is 4.90 Å². The first-order valence-electron chi connectivity index (χ1n) is 9.13. The molecule has 0 saturated heterocycles. The normalized spacial score (nSPS) is 12.6. The highest BCUT2D eigenvalue weighted by molar-refractivity contribution is 5.86. The summed E-state index contributed by atoms with van der Waals surface area (Å²) in [5.74, 6) is 1.23. The predicted molar refractivity (Wildman–Crippen MR) is 109 cm³/mol. The van der Waals surface area contributed by atoms with Crippen molar-refractivity contribution in [3.05, 3.63) is 66.1 Å². The molecule has 2 N–H and O–H groups in total. The summed E-state index contributed by atoms with van der Waals surface area (Å²) in [5.41, 5.74) is 1.90. The molecular weight excluding hydrogens is 354 g/mol. The van der Waals surface area contributed by atoms with E-state index >= 15 is 0 Å². The van der Waals surface area contributed by atoms with Gasteiger partial charge >= 0.3 is 0 Å².